The second-order valence-corrected chi connectivity index (χ2v) is 7.25. The molecule has 4 rings (SSSR count). The van der Waals surface area contributed by atoms with Crippen molar-refractivity contribution in [1.82, 2.24) is 29.8 Å². The van der Waals surface area contributed by atoms with Crippen molar-refractivity contribution in [3.8, 4) is 11.3 Å². The van der Waals surface area contributed by atoms with E-state index in [1.165, 1.54) is 0 Å². The summed E-state index contributed by atoms with van der Waals surface area (Å²) in [6, 6.07) is 3.85. The first-order chi connectivity index (χ1) is 13.6. The van der Waals surface area contributed by atoms with Gasteiger partial charge in [-0.2, -0.15) is 5.10 Å². The van der Waals surface area contributed by atoms with Gasteiger partial charge >= 0.3 is 0 Å². The standard InChI is InChI=1S/C20H24N6O2/c1-14-11-18(28-24-14)17-12-21-13-22-20(17)16-4-8-25(9-5-16)19(27)6-10-26-15(2)3-7-23-26/h3,7,11-13,16H,4-6,8-10H2,1-2H3. The Balaban J connectivity index is 1.38. The summed E-state index contributed by atoms with van der Waals surface area (Å²) in [4.78, 5) is 23.2. The first kappa shape index (κ1) is 18.3. The van der Waals surface area contributed by atoms with Gasteiger partial charge in [-0.05, 0) is 32.8 Å². The minimum atomic E-state index is 0.183. The SMILES string of the molecule is Cc1cc(-c2cncnc2C2CCN(C(=O)CCn3nccc3C)CC2)on1. The van der Waals surface area contributed by atoms with Gasteiger partial charge in [0.25, 0.3) is 0 Å². The fourth-order valence-electron chi connectivity index (χ4n) is 3.74. The molecule has 146 valence electrons. The lowest BCUT2D eigenvalue weighted by Crippen LogP contribution is -2.38. The summed E-state index contributed by atoms with van der Waals surface area (Å²) < 4.78 is 7.29. The monoisotopic (exact) mass is 380 g/mol. The van der Waals surface area contributed by atoms with E-state index in [1.54, 1.807) is 18.7 Å². The normalized spacial score (nSPS) is 15.1. The number of nitrogens with zero attached hydrogens (tertiary/aromatic N) is 6. The van der Waals surface area contributed by atoms with Gasteiger partial charge in [-0.15, -0.1) is 0 Å². The van der Waals surface area contributed by atoms with Gasteiger partial charge in [0.05, 0.1) is 17.0 Å². The van der Waals surface area contributed by atoms with Crippen LogP contribution < -0.4 is 0 Å². The van der Waals surface area contributed by atoms with E-state index in [-0.39, 0.29) is 11.8 Å². The van der Waals surface area contributed by atoms with Gasteiger partial charge in [0.15, 0.2) is 5.76 Å². The van der Waals surface area contributed by atoms with E-state index >= 15 is 0 Å². The third-order valence-electron chi connectivity index (χ3n) is 5.34. The minimum Gasteiger partial charge on any atom is -0.356 e. The highest BCUT2D eigenvalue weighted by Gasteiger charge is 2.27. The lowest BCUT2D eigenvalue weighted by Gasteiger charge is -2.32. The van der Waals surface area contributed by atoms with Crippen LogP contribution in [0, 0.1) is 13.8 Å². The number of likely N-dealkylation sites (tertiary alicyclic amines) is 1. The number of hydrogen-bond acceptors (Lipinski definition) is 6. The van der Waals surface area contributed by atoms with Gasteiger partial charge in [0, 0.05) is 56.1 Å². The molecule has 0 aliphatic carbocycles. The van der Waals surface area contributed by atoms with Crippen LogP contribution in [0.15, 0.2) is 35.4 Å². The van der Waals surface area contributed by atoms with E-state index in [0.717, 1.165) is 48.6 Å². The van der Waals surface area contributed by atoms with Crippen LogP contribution >= 0.6 is 0 Å². The van der Waals surface area contributed by atoms with Crippen molar-refractivity contribution >= 4 is 5.91 Å². The number of amides is 1. The van der Waals surface area contributed by atoms with Gasteiger partial charge in [-0.25, -0.2) is 9.97 Å². The molecule has 1 fully saturated rings. The summed E-state index contributed by atoms with van der Waals surface area (Å²) in [6.07, 6.45) is 7.36. The molecule has 3 aromatic heterocycles. The highest BCUT2D eigenvalue weighted by molar-refractivity contribution is 5.76. The Morgan fingerprint density at radius 3 is 2.79 bits per heavy atom. The van der Waals surface area contributed by atoms with E-state index in [0.29, 0.717) is 18.7 Å². The van der Waals surface area contributed by atoms with Crippen LogP contribution in [-0.2, 0) is 11.3 Å². The molecule has 1 aliphatic rings. The Labute approximate surface area is 163 Å². The van der Waals surface area contributed by atoms with Gasteiger partial charge in [0.2, 0.25) is 5.91 Å². The maximum absolute atomic E-state index is 12.6. The van der Waals surface area contributed by atoms with Gasteiger partial charge < -0.3 is 9.42 Å². The molecule has 1 saturated heterocycles. The predicted octanol–water partition coefficient (Wildman–Crippen LogP) is 2.74. The van der Waals surface area contributed by atoms with Crippen LogP contribution in [-0.4, -0.2) is 48.8 Å². The minimum absolute atomic E-state index is 0.183. The molecule has 0 unspecified atom stereocenters. The molecule has 1 amide bonds. The van der Waals surface area contributed by atoms with Crippen molar-refractivity contribution < 1.29 is 9.32 Å². The van der Waals surface area contributed by atoms with Crippen LogP contribution in [0.1, 0.15) is 42.3 Å². The van der Waals surface area contributed by atoms with E-state index in [9.17, 15) is 4.79 Å². The molecular weight excluding hydrogens is 356 g/mol. The Hall–Kier alpha value is -3.03. The molecule has 28 heavy (non-hydrogen) atoms. The van der Waals surface area contributed by atoms with Crippen molar-refractivity contribution in [2.45, 2.75) is 45.6 Å². The molecule has 0 radical (unpaired) electrons. The number of rotatable bonds is 5. The number of piperidine rings is 1. The fourth-order valence-corrected chi connectivity index (χ4v) is 3.74. The predicted molar refractivity (Wildman–Crippen MR) is 102 cm³/mol. The zero-order valence-corrected chi connectivity index (χ0v) is 16.2. The average Bonchev–Trinajstić information content (AvgIpc) is 3.34. The molecule has 0 N–H and O–H groups in total. The van der Waals surface area contributed by atoms with Crippen molar-refractivity contribution in [3.63, 3.8) is 0 Å². The molecule has 0 bridgehead atoms. The van der Waals surface area contributed by atoms with Crippen molar-refractivity contribution in [3.05, 3.63) is 47.9 Å². The second-order valence-electron chi connectivity index (χ2n) is 7.25. The summed E-state index contributed by atoms with van der Waals surface area (Å²) >= 11 is 0. The largest absolute Gasteiger partial charge is 0.356 e. The summed E-state index contributed by atoms with van der Waals surface area (Å²) in [6.45, 7) is 5.99. The topological polar surface area (TPSA) is 89.9 Å². The van der Waals surface area contributed by atoms with Crippen LogP contribution in [0.5, 0.6) is 0 Å². The second kappa shape index (κ2) is 7.92. The van der Waals surface area contributed by atoms with Crippen molar-refractivity contribution in [1.29, 1.82) is 0 Å². The van der Waals surface area contributed by atoms with Gasteiger partial charge in [0.1, 0.15) is 6.33 Å². The van der Waals surface area contributed by atoms with Gasteiger partial charge in [-0.3, -0.25) is 9.48 Å². The quantitative estimate of drug-likeness (QED) is 0.676. The maximum atomic E-state index is 12.6. The van der Waals surface area contributed by atoms with Crippen molar-refractivity contribution in [2.24, 2.45) is 0 Å². The third-order valence-corrected chi connectivity index (χ3v) is 5.34. The van der Waals surface area contributed by atoms with Crippen molar-refractivity contribution in [2.75, 3.05) is 13.1 Å². The van der Waals surface area contributed by atoms with E-state index < -0.39 is 0 Å². The molecule has 3 aromatic rings. The molecule has 0 aromatic carbocycles. The highest BCUT2D eigenvalue weighted by atomic mass is 16.5. The number of carbonyl (C=O) groups is 1. The molecule has 1 aliphatic heterocycles. The lowest BCUT2D eigenvalue weighted by molar-refractivity contribution is -0.132. The van der Waals surface area contributed by atoms with Gasteiger partial charge in [-0.1, -0.05) is 5.16 Å². The molecule has 4 heterocycles. The smallest absolute Gasteiger partial charge is 0.224 e. The molecule has 8 heteroatoms. The van der Waals surface area contributed by atoms with Crippen LogP contribution in [0.25, 0.3) is 11.3 Å². The Morgan fingerprint density at radius 2 is 2.11 bits per heavy atom. The Morgan fingerprint density at radius 1 is 1.29 bits per heavy atom. The summed E-state index contributed by atoms with van der Waals surface area (Å²) in [7, 11) is 0. The molecule has 0 spiro atoms. The Bertz CT molecular complexity index is 955. The number of aryl methyl sites for hydroxylation is 3. The average molecular weight is 380 g/mol. The van der Waals surface area contributed by atoms with E-state index in [1.807, 2.05) is 35.6 Å². The molecule has 8 nitrogen and oxygen atoms in total. The van der Waals surface area contributed by atoms with Crippen LogP contribution in [0.2, 0.25) is 0 Å². The maximum Gasteiger partial charge on any atom is 0.224 e. The molecule has 0 saturated carbocycles. The van der Waals surface area contributed by atoms with E-state index in [4.69, 9.17) is 4.52 Å². The molecule has 0 atom stereocenters. The van der Waals surface area contributed by atoms with E-state index in [2.05, 4.69) is 20.2 Å². The molecular formula is C20H24N6O2. The third kappa shape index (κ3) is 3.81. The summed E-state index contributed by atoms with van der Waals surface area (Å²) in [5, 5.41) is 8.21. The number of aromatic nitrogens is 5. The number of hydrogen-bond donors (Lipinski definition) is 0. The van der Waals surface area contributed by atoms with Crippen LogP contribution in [0.3, 0.4) is 0 Å². The first-order valence-electron chi connectivity index (χ1n) is 9.61. The lowest BCUT2D eigenvalue weighted by atomic mass is 9.90. The Kier molecular flexibility index (Phi) is 5.18. The fraction of sp³-hybridized carbons (Fsp3) is 0.450. The summed E-state index contributed by atoms with van der Waals surface area (Å²) in [5.41, 5.74) is 3.77. The highest BCUT2D eigenvalue weighted by Crippen LogP contribution is 2.33. The zero-order chi connectivity index (χ0) is 19.5. The number of carbonyl (C=O) groups excluding carboxylic acids is 1. The van der Waals surface area contributed by atoms with Crippen LogP contribution in [0.4, 0.5) is 0 Å². The first-order valence-corrected chi connectivity index (χ1v) is 9.61. The summed E-state index contributed by atoms with van der Waals surface area (Å²) in [5.74, 6) is 1.16. The zero-order valence-electron chi connectivity index (χ0n) is 16.2.